The van der Waals surface area contributed by atoms with E-state index in [0.717, 1.165) is 6.42 Å². The molecule has 3 unspecified atom stereocenters. The van der Waals surface area contributed by atoms with Gasteiger partial charge in [-0.25, -0.2) is 13.6 Å². The fraction of sp³-hybridized carbons (Fsp3) is 0.909. The van der Waals surface area contributed by atoms with E-state index < -0.39 is 10.0 Å². The van der Waals surface area contributed by atoms with Crippen LogP contribution in [0.1, 0.15) is 33.6 Å². The van der Waals surface area contributed by atoms with Crippen LogP contribution in [0.25, 0.3) is 0 Å². The monoisotopic (exact) mass is 262 g/mol. The predicted molar refractivity (Wildman–Crippen MR) is 67.4 cm³/mol. The van der Waals surface area contributed by atoms with Crippen molar-refractivity contribution in [2.45, 2.75) is 33.6 Å². The molecule has 1 fully saturated rings. The standard InChI is InChI=1S/C11H22N2O3S/c1-7(2)9-4-8(3)10(6-17(12,15)16)11(5-9)13-14/h7-10,14H,4-6H2,1-3H3,(H2,12,15,16)/b13-11+. The highest BCUT2D eigenvalue weighted by molar-refractivity contribution is 7.89. The number of hydrogen-bond donors (Lipinski definition) is 2. The Balaban J connectivity index is 2.86. The third kappa shape index (κ3) is 3.96. The summed E-state index contributed by atoms with van der Waals surface area (Å²) in [4.78, 5) is 0. The van der Waals surface area contributed by atoms with E-state index in [1.807, 2.05) is 6.92 Å². The van der Waals surface area contributed by atoms with Crippen LogP contribution in [0.5, 0.6) is 0 Å². The fourth-order valence-corrected chi connectivity index (χ4v) is 3.63. The smallest absolute Gasteiger partial charge is 0.209 e. The molecule has 0 saturated heterocycles. The van der Waals surface area contributed by atoms with Crippen LogP contribution in [0.2, 0.25) is 0 Å². The SMILES string of the molecule is CC(C)C1C/C(=N\O)C(CS(N)(=O)=O)C(C)C1. The van der Waals surface area contributed by atoms with Crippen molar-refractivity contribution in [3.05, 3.63) is 0 Å². The molecule has 0 aromatic heterocycles. The van der Waals surface area contributed by atoms with Crippen LogP contribution in [0.15, 0.2) is 5.16 Å². The quantitative estimate of drug-likeness (QED) is 0.595. The predicted octanol–water partition coefficient (Wildman–Crippen LogP) is 1.42. The summed E-state index contributed by atoms with van der Waals surface area (Å²) in [6.07, 6.45) is 1.62. The van der Waals surface area contributed by atoms with Gasteiger partial charge in [-0.3, -0.25) is 0 Å². The minimum absolute atomic E-state index is 0.127. The summed E-state index contributed by atoms with van der Waals surface area (Å²) in [6.45, 7) is 6.26. The van der Waals surface area contributed by atoms with Crippen molar-refractivity contribution in [1.29, 1.82) is 0 Å². The van der Waals surface area contributed by atoms with Crippen molar-refractivity contribution in [3.8, 4) is 0 Å². The van der Waals surface area contributed by atoms with Gasteiger partial charge in [-0.2, -0.15) is 0 Å². The van der Waals surface area contributed by atoms with Gasteiger partial charge in [-0.05, 0) is 30.6 Å². The molecular weight excluding hydrogens is 240 g/mol. The number of oxime groups is 1. The number of hydrogen-bond acceptors (Lipinski definition) is 4. The van der Waals surface area contributed by atoms with E-state index in [2.05, 4.69) is 19.0 Å². The first-order valence-electron chi connectivity index (χ1n) is 5.96. The summed E-state index contributed by atoms with van der Waals surface area (Å²) >= 11 is 0. The molecule has 0 aromatic carbocycles. The molecule has 0 aromatic rings. The van der Waals surface area contributed by atoms with Crippen molar-refractivity contribution in [3.63, 3.8) is 0 Å². The fourth-order valence-electron chi connectivity index (χ4n) is 2.61. The van der Waals surface area contributed by atoms with Crippen LogP contribution in [0.4, 0.5) is 0 Å². The molecule has 0 bridgehead atoms. The van der Waals surface area contributed by atoms with Gasteiger partial charge >= 0.3 is 0 Å². The summed E-state index contributed by atoms with van der Waals surface area (Å²) in [5.41, 5.74) is 0.580. The van der Waals surface area contributed by atoms with Crippen LogP contribution in [0.3, 0.4) is 0 Å². The zero-order chi connectivity index (χ0) is 13.2. The summed E-state index contributed by atoms with van der Waals surface area (Å²) < 4.78 is 22.3. The van der Waals surface area contributed by atoms with E-state index >= 15 is 0 Å². The Kier molecular flexibility index (Phi) is 4.55. The molecule has 1 aliphatic rings. The summed E-state index contributed by atoms with van der Waals surface area (Å²) in [6, 6.07) is 0. The molecule has 3 N–H and O–H groups in total. The van der Waals surface area contributed by atoms with Crippen LogP contribution in [-0.4, -0.2) is 25.1 Å². The molecule has 0 heterocycles. The Bertz CT molecular complexity index is 390. The average molecular weight is 262 g/mol. The third-order valence-corrected chi connectivity index (χ3v) is 4.57. The first kappa shape index (κ1) is 14.4. The second-order valence-corrected chi connectivity index (χ2v) is 7.11. The Morgan fingerprint density at radius 3 is 2.53 bits per heavy atom. The summed E-state index contributed by atoms with van der Waals surface area (Å²) in [7, 11) is -3.53. The van der Waals surface area contributed by atoms with Crippen LogP contribution in [-0.2, 0) is 10.0 Å². The van der Waals surface area contributed by atoms with Gasteiger partial charge in [-0.1, -0.05) is 25.9 Å². The number of primary sulfonamides is 1. The molecule has 3 atom stereocenters. The Morgan fingerprint density at radius 2 is 2.12 bits per heavy atom. The van der Waals surface area contributed by atoms with Gasteiger partial charge in [0.05, 0.1) is 11.5 Å². The third-order valence-electron chi connectivity index (χ3n) is 3.74. The lowest BCUT2D eigenvalue weighted by Gasteiger charge is -2.36. The lowest BCUT2D eigenvalue weighted by atomic mass is 9.71. The zero-order valence-electron chi connectivity index (χ0n) is 10.6. The summed E-state index contributed by atoms with van der Waals surface area (Å²) in [5, 5.41) is 17.4. The van der Waals surface area contributed by atoms with Crippen molar-refractivity contribution < 1.29 is 13.6 Å². The van der Waals surface area contributed by atoms with E-state index in [-0.39, 0.29) is 17.6 Å². The van der Waals surface area contributed by atoms with Gasteiger partial charge in [0.15, 0.2) is 0 Å². The molecule has 1 aliphatic carbocycles. The topological polar surface area (TPSA) is 92.8 Å². The highest BCUT2D eigenvalue weighted by Gasteiger charge is 2.36. The first-order valence-corrected chi connectivity index (χ1v) is 7.67. The summed E-state index contributed by atoms with van der Waals surface area (Å²) in [5.74, 6) is 0.765. The minimum Gasteiger partial charge on any atom is -0.411 e. The number of nitrogens with zero attached hydrogens (tertiary/aromatic N) is 1. The van der Waals surface area contributed by atoms with E-state index in [1.165, 1.54) is 0 Å². The van der Waals surface area contributed by atoms with Crippen molar-refractivity contribution in [1.82, 2.24) is 0 Å². The van der Waals surface area contributed by atoms with Gasteiger partial charge in [-0.15, -0.1) is 0 Å². The van der Waals surface area contributed by atoms with Crippen molar-refractivity contribution >= 4 is 15.7 Å². The van der Waals surface area contributed by atoms with Crippen LogP contribution in [0, 0.1) is 23.7 Å². The lowest BCUT2D eigenvalue weighted by Crippen LogP contribution is -2.39. The normalized spacial score (nSPS) is 33.2. The molecule has 100 valence electrons. The van der Waals surface area contributed by atoms with E-state index in [4.69, 9.17) is 10.3 Å². The number of sulfonamides is 1. The molecular formula is C11H22N2O3S. The second kappa shape index (κ2) is 5.35. The number of nitrogens with two attached hydrogens (primary N) is 1. The maximum atomic E-state index is 11.2. The Hall–Kier alpha value is -0.620. The van der Waals surface area contributed by atoms with Gasteiger partial charge in [0, 0.05) is 5.92 Å². The second-order valence-electron chi connectivity index (χ2n) is 5.45. The van der Waals surface area contributed by atoms with E-state index in [1.54, 1.807) is 0 Å². The molecule has 1 saturated carbocycles. The Morgan fingerprint density at radius 1 is 1.53 bits per heavy atom. The molecule has 1 rings (SSSR count). The molecule has 0 radical (unpaired) electrons. The highest BCUT2D eigenvalue weighted by atomic mass is 32.2. The lowest BCUT2D eigenvalue weighted by molar-refractivity contribution is 0.243. The van der Waals surface area contributed by atoms with Gasteiger partial charge in [0.25, 0.3) is 0 Å². The molecule has 17 heavy (non-hydrogen) atoms. The molecule has 5 nitrogen and oxygen atoms in total. The largest absolute Gasteiger partial charge is 0.411 e. The molecule has 0 spiro atoms. The van der Waals surface area contributed by atoms with Crippen LogP contribution >= 0.6 is 0 Å². The average Bonchev–Trinajstić information content (AvgIpc) is 2.18. The minimum atomic E-state index is -3.53. The van der Waals surface area contributed by atoms with Gasteiger partial charge in [0.2, 0.25) is 10.0 Å². The van der Waals surface area contributed by atoms with Crippen molar-refractivity contribution in [2.24, 2.45) is 34.0 Å². The van der Waals surface area contributed by atoms with E-state index in [0.29, 0.717) is 24.0 Å². The van der Waals surface area contributed by atoms with Gasteiger partial charge < -0.3 is 5.21 Å². The molecule has 0 aliphatic heterocycles. The molecule has 0 amide bonds. The first-order chi connectivity index (χ1) is 7.74. The zero-order valence-corrected chi connectivity index (χ0v) is 11.4. The maximum absolute atomic E-state index is 11.2. The van der Waals surface area contributed by atoms with Crippen molar-refractivity contribution in [2.75, 3.05) is 5.75 Å². The highest BCUT2D eigenvalue weighted by Crippen LogP contribution is 2.36. The Labute approximate surface area is 103 Å². The van der Waals surface area contributed by atoms with Gasteiger partial charge in [0.1, 0.15) is 0 Å². The maximum Gasteiger partial charge on any atom is 0.209 e. The number of rotatable bonds is 3. The van der Waals surface area contributed by atoms with Crippen LogP contribution < -0.4 is 5.14 Å². The molecule has 6 heteroatoms. The van der Waals surface area contributed by atoms with E-state index in [9.17, 15) is 8.42 Å².